The summed E-state index contributed by atoms with van der Waals surface area (Å²) in [6, 6.07) is -1.16. The lowest BCUT2D eigenvalue weighted by Crippen LogP contribution is -2.61. The Morgan fingerprint density at radius 1 is 0.868 bits per heavy atom. The van der Waals surface area contributed by atoms with Gasteiger partial charge in [0.1, 0.15) is 29.6 Å². The molecule has 0 aromatic carbocycles. The highest BCUT2D eigenvalue weighted by molar-refractivity contribution is 5.83. The van der Waals surface area contributed by atoms with Crippen LogP contribution in [0.2, 0.25) is 0 Å². The number of ether oxygens (including phenoxy) is 8. The Bertz CT molecular complexity index is 1640. The highest BCUT2D eigenvalue weighted by atomic mass is 16.7. The van der Waals surface area contributed by atoms with Gasteiger partial charge in [0.25, 0.3) is 0 Å². The van der Waals surface area contributed by atoms with Crippen LogP contribution in [0.15, 0.2) is 0 Å². The molecule has 3 aliphatic heterocycles. The molecule has 68 heavy (non-hydrogen) atoms. The molecule has 0 unspecified atom stereocenters. The molecule has 3 heterocycles. The summed E-state index contributed by atoms with van der Waals surface area (Å²) < 4.78 is 48.8. The van der Waals surface area contributed by atoms with Gasteiger partial charge in [-0.2, -0.15) is 0 Å². The van der Waals surface area contributed by atoms with E-state index in [0.29, 0.717) is 6.42 Å². The number of aliphatic hydroxyl groups excluding tert-OH is 2. The van der Waals surface area contributed by atoms with Crippen LogP contribution in [-0.4, -0.2) is 178 Å². The lowest BCUT2D eigenvalue weighted by Gasteiger charge is -2.49. The highest BCUT2D eigenvalue weighted by Gasteiger charge is 2.54. The molecule has 0 spiro atoms. The van der Waals surface area contributed by atoms with Gasteiger partial charge in [-0.25, -0.2) is 0 Å². The Labute approximate surface area is 403 Å². The summed E-state index contributed by atoms with van der Waals surface area (Å²) in [5.41, 5.74) is 0.104. The van der Waals surface area contributed by atoms with Gasteiger partial charge in [-0.15, -0.1) is 0 Å². The second-order valence-electron chi connectivity index (χ2n) is 20.3. The van der Waals surface area contributed by atoms with E-state index >= 15 is 0 Å². The second-order valence-corrected chi connectivity index (χ2v) is 20.3. The fourth-order valence-electron chi connectivity index (χ4n) is 9.45. The number of methoxy groups -OCH3 is 1. The average molecular weight is 979 g/mol. The van der Waals surface area contributed by atoms with Gasteiger partial charge in [-0.05, 0) is 87.7 Å². The molecule has 7 N–H and O–H groups in total. The molecular formula is C48H86N2O18. The van der Waals surface area contributed by atoms with Gasteiger partial charge in [0, 0.05) is 31.3 Å². The smallest absolute Gasteiger partial charge is 0.320 e. The predicted octanol–water partition coefficient (Wildman–Crippen LogP) is 2.73. The fraction of sp³-hybridized carbons (Fsp3) is 0.896. The summed E-state index contributed by atoms with van der Waals surface area (Å²) in [5, 5.41) is 55.0. The average Bonchev–Trinajstić information content (AvgIpc) is 3.26. The van der Waals surface area contributed by atoms with E-state index in [9.17, 15) is 44.4 Å². The zero-order valence-electron chi connectivity index (χ0n) is 43.3. The van der Waals surface area contributed by atoms with Crippen molar-refractivity contribution in [2.75, 3.05) is 27.8 Å². The zero-order chi connectivity index (χ0) is 52.4. The van der Waals surface area contributed by atoms with Gasteiger partial charge < -0.3 is 74.1 Å². The molecule has 0 aromatic heterocycles. The first-order valence-electron chi connectivity index (χ1n) is 24.0. The molecule has 3 saturated heterocycles. The van der Waals surface area contributed by atoms with E-state index in [1.165, 1.54) is 27.9 Å². The first-order chi connectivity index (χ1) is 31.3. The maximum Gasteiger partial charge on any atom is 0.320 e. The van der Waals surface area contributed by atoms with Crippen molar-refractivity contribution >= 4 is 29.7 Å². The van der Waals surface area contributed by atoms with Crippen LogP contribution in [0, 0.1) is 29.6 Å². The van der Waals surface area contributed by atoms with E-state index in [4.69, 9.17) is 48.7 Å². The molecule has 0 bridgehead atoms. The molecule has 396 valence electrons. The largest absolute Gasteiger partial charge is 0.480 e. The molecule has 3 rings (SSSR count). The number of rotatable bonds is 14. The minimum atomic E-state index is -2.04. The Kier molecular flexibility index (Phi) is 23.4. The van der Waals surface area contributed by atoms with Crippen molar-refractivity contribution in [2.24, 2.45) is 35.3 Å². The number of carboxylic acids is 1. The third-order valence-corrected chi connectivity index (χ3v) is 13.9. The van der Waals surface area contributed by atoms with Crippen LogP contribution in [0.1, 0.15) is 129 Å². The van der Waals surface area contributed by atoms with Crippen molar-refractivity contribution in [3.05, 3.63) is 0 Å². The van der Waals surface area contributed by atoms with Crippen LogP contribution in [0.4, 0.5) is 0 Å². The number of nitrogens with two attached hydrogens (primary N) is 1. The van der Waals surface area contributed by atoms with Gasteiger partial charge in [0.2, 0.25) is 0 Å². The summed E-state index contributed by atoms with van der Waals surface area (Å²) in [4.78, 5) is 65.6. The maximum absolute atomic E-state index is 14.3. The molecule has 19 atom stereocenters. The van der Waals surface area contributed by atoms with E-state index in [0.717, 1.165) is 0 Å². The molecule has 20 heteroatoms. The van der Waals surface area contributed by atoms with Gasteiger partial charge in [-0.1, -0.05) is 41.5 Å². The highest BCUT2D eigenvalue weighted by Crippen LogP contribution is 2.41. The molecule has 0 aliphatic carbocycles. The van der Waals surface area contributed by atoms with Gasteiger partial charge in [-0.3, -0.25) is 24.0 Å². The van der Waals surface area contributed by atoms with Gasteiger partial charge in [0.05, 0.1) is 73.1 Å². The number of hydrogen-bond acceptors (Lipinski definition) is 19. The van der Waals surface area contributed by atoms with E-state index in [1.54, 1.807) is 62.3 Å². The van der Waals surface area contributed by atoms with Crippen LogP contribution in [0.5, 0.6) is 0 Å². The summed E-state index contributed by atoms with van der Waals surface area (Å²) in [5.74, 6) is -7.55. The Morgan fingerprint density at radius 2 is 1.46 bits per heavy atom. The number of aliphatic hydroxyl groups is 4. The molecule has 3 aliphatic rings. The van der Waals surface area contributed by atoms with Gasteiger partial charge in [0.15, 0.2) is 18.7 Å². The van der Waals surface area contributed by atoms with Crippen LogP contribution in [0.3, 0.4) is 0 Å². The summed E-state index contributed by atoms with van der Waals surface area (Å²) in [6.07, 6.45) is -11.1. The molecule has 20 nitrogen and oxygen atoms in total. The number of aliphatic carboxylic acids is 1. The maximum atomic E-state index is 14.3. The number of esters is 3. The summed E-state index contributed by atoms with van der Waals surface area (Å²) >= 11 is 0. The lowest BCUT2D eigenvalue weighted by atomic mass is 9.74. The first kappa shape index (κ1) is 61.2. The van der Waals surface area contributed by atoms with E-state index in [-0.39, 0.29) is 44.6 Å². The van der Waals surface area contributed by atoms with Crippen molar-refractivity contribution in [2.45, 2.75) is 219 Å². The Hall–Kier alpha value is -2.89. The molecular weight excluding hydrogens is 893 g/mol. The van der Waals surface area contributed by atoms with E-state index in [1.807, 2.05) is 25.9 Å². The summed E-state index contributed by atoms with van der Waals surface area (Å²) in [6.45, 7) is 21.4. The summed E-state index contributed by atoms with van der Waals surface area (Å²) in [7, 11) is 5.09. The third kappa shape index (κ3) is 15.8. The number of likely N-dealkylation sites (N-methyl/N-ethyl adjacent to an activating group) is 1. The van der Waals surface area contributed by atoms with E-state index < -0.39 is 144 Å². The van der Waals surface area contributed by atoms with Crippen molar-refractivity contribution in [3.63, 3.8) is 0 Å². The number of carboxylic acid groups (broad SMARTS) is 1. The minimum Gasteiger partial charge on any atom is -0.480 e. The third-order valence-electron chi connectivity index (χ3n) is 13.9. The molecule has 3 fully saturated rings. The fourth-order valence-corrected chi connectivity index (χ4v) is 9.45. The standard InChI is InChI=1S/C43H75NO16.C5H11NO2/c1-15-29-43(11,52)36(48)24(5)33(47)22(3)20-41(9,51)38(25(6)34(26(7)39(50)57-29)59-32-21-42(10,53-14)37(49)27(8)56-32)60-40-35(28(44(12)13)19-23(4)55-40)58-31(46)18-17-30(45)54-16-2;1-3(2)4(6)5(7)8/h22-29,32,34-38,40,48-49,51-52H,15-21H2,1-14H3;3-4H,6H2,1-2H3,(H,7,8)/t22-,23-,24+,25+,26-,27+,28+,29-,32+,34+,35-,36-,37+,38-,40+,41-,42-,43-;4-/m10/s1. The van der Waals surface area contributed by atoms with E-state index in [2.05, 4.69) is 0 Å². The number of nitrogens with zero attached hydrogens (tertiary/aromatic N) is 1. The zero-order valence-corrected chi connectivity index (χ0v) is 43.3. The number of carbonyl (C=O) groups excluding carboxylic acids is 4. The van der Waals surface area contributed by atoms with Crippen LogP contribution in [-0.2, 0) is 61.9 Å². The second kappa shape index (κ2) is 26.0. The number of carbonyl (C=O) groups is 5. The van der Waals surface area contributed by atoms with Crippen molar-refractivity contribution in [1.82, 2.24) is 4.90 Å². The molecule has 0 aromatic rings. The number of cyclic esters (lactones) is 1. The minimum absolute atomic E-state index is 0.0208. The SMILES string of the molecule is CC(C)[C@H](N)C(=O)O.CCOC(=O)CCC(=O)O[C@H]1[C@H](O[C@@H]2[C@@H](C)[C@H](O[C@H]3C[C@@](C)(OC)[C@@H](O)[C@H](C)O3)[C@@H](C)C(=O)O[C@H](CC)[C@@](C)(O)[C@H](O)[C@@H](C)C(=O)[C@H](C)C[C@@]2(C)O)O[C@H](C)C[C@@H]1N(C)C. The topological polar surface area (TPSA) is 290 Å². The number of ketones is 1. The quantitative estimate of drug-likeness (QED) is 0.108. The first-order valence-corrected chi connectivity index (χ1v) is 24.0. The van der Waals surface area contributed by atoms with Gasteiger partial charge >= 0.3 is 23.9 Å². The normalized spacial score (nSPS) is 40.3. The van der Waals surface area contributed by atoms with Crippen molar-refractivity contribution < 1.29 is 87.4 Å². The number of hydrogen-bond donors (Lipinski definition) is 6. The predicted molar refractivity (Wildman–Crippen MR) is 246 cm³/mol. The van der Waals surface area contributed by atoms with Crippen LogP contribution < -0.4 is 5.73 Å². The molecule has 0 amide bonds. The number of Topliss-reactive ketones (excluding diaryl/α,β-unsaturated/α-hetero) is 1. The van der Waals surface area contributed by atoms with Crippen LogP contribution >= 0.6 is 0 Å². The Balaban J connectivity index is 0.00000181. The monoisotopic (exact) mass is 979 g/mol. The van der Waals surface area contributed by atoms with Crippen molar-refractivity contribution in [3.8, 4) is 0 Å². The van der Waals surface area contributed by atoms with Crippen molar-refractivity contribution in [1.29, 1.82) is 0 Å². The lowest BCUT2D eigenvalue weighted by molar-refractivity contribution is -0.319. The molecule has 0 saturated carbocycles. The molecule has 0 radical (unpaired) electrons. The van der Waals surface area contributed by atoms with Crippen LogP contribution in [0.25, 0.3) is 0 Å². The Morgan fingerprint density at radius 3 is 1.96 bits per heavy atom.